The third kappa shape index (κ3) is 22.5. The molecular weight excluding hydrogens is 375 g/mol. The van der Waals surface area contributed by atoms with E-state index in [2.05, 4.69) is 0 Å². The zero-order chi connectivity index (χ0) is 10.9. The predicted octanol–water partition coefficient (Wildman–Crippen LogP) is -0.00510. The van der Waals surface area contributed by atoms with Crippen molar-refractivity contribution in [2.45, 2.75) is 12.5 Å². The van der Waals surface area contributed by atoms with Gasteiger partial charge in [-0.25, -0.2) is 0 Å². The molecule has 0 aliphatic heterocycles. The van der Waals surface area contributed by atoms with E-state index < -0.39 is 24.5 Å². The number of hydrogen-bond donors (Lipinski definition) is 3. The van der Waals surface area contributed by atoms with Crippen molar-refractivity contribution < 1.29 is 46.0 Å². The molecule has 0 atom stereocenters. The number of carboxylic acids is 2. The van der Waals surface area contributed by atoms with E-state index in [1.165, 1.54) is 0 Å². The van der Waals surface area contributed by atoms with Crippen LogP contribution >= 0.6 is 0 Å². The molecule has 0 aliphatic carbocycles. The number of hydrogen-bond acceptors (Lipinski definition) is 3. The first-order chi connectivity index (χ1) is 5.93. The summed E-state index contributed by atoms with van der Waals surface area (Å²) in [4.78, 5) is 18.9. The number of nitrogens with one attached hydrogen (secondary N) is 2. The quantitative estimate of drug-likeness (QED) is 0.582. The van der Waals surface area contributed by atoms with Crippen LogP contribution in [0.15, 0.2) is 0 Å². The number of aliphatic carboxylic acids is 2. The summed E-state index contributed by atoms with van der Waals surface area (Å²) in [6.45, 7) is -0.104. The van der Waals surface area contributed by atoms with Gasteiger partial charge in [0.15, 0.2) is 0 Å². The molecule has 0 saturated carbocycles. The summed E-state index contributed by atoms with van der Waals surface area (Å²) in [6, 6.07) is 0. The fourth-order valence-corrected chi connectivity index (χ4v) is 0.202. The second-order valence-corrected chi connectivity index (χ2v) is 2.03. The van der Waals surface area contributed by atoms with Crippen molar-refractivity contribution in [3.8, 4) is 0 Å². The minimum Gasteiger partial charge on any atom is -0.675 e. The zero-order valence-electron chi connectivity index (χ0n) is 7.17. The van der Waals surface area contributed by atoms with Gasteiger partial charge in [0, 0.05) is 6.10 Å². The molecule has 0 unspecified atom stereocenters. The molecule has 0 bridgehead atoms. The van der Waals surface area contributed by atoms with E-state index in [1.54, 1.807) is 0 Å². The van der Waals surface area contributed by atoms with E-state index in [0.29, 0.717) is 0 Å². The van der Waals surface area contributed by atoms with Gasteiger partial charge >= 0.3 is 33.0 Å². The van der Waals surface area contributed by atoms with Crippen LogP contribution in [-0.4, -0.2) is 46.5 Å². The Labute approximate surface area is 95.3 Å². The van der Waals surface area contributed by atoms with E-state index in [9.17, 15) is 9.59 Å². The molecule has 0 aromatic heterocycles. The third-order valence-corrected chi connectivity index (χ3v) is 0.774. The smallest absolute Gasteiger partial charge is 0.675 e. The molecule has 7 nitrogen and oxygen atoms in total. The Morgan fingerprint density at radius 3 is 1.36 bits per heavy atom. The first kappa shape index (κ1) is 19.1. The first-order valence-corrected chi connectivity index (χ1v) is 3.34. The normalized spacial score (nSPS) is 8.29. The summed E-state index contributed by atoms with van der Waals surface area (Å²) in [5, 5.41) is 23.7. The molecule has 0 aromatic carbocycles. The largest absolute Gasteiger partial charge is 2.00 e. The molecule has 0 rings (SSSR count). The molecular formula is C6H12N2O5Pt. The van der Waals surface area contributed by atoms with Crippen molar-refractivity contribution in [1.82, 2.24) is 0 Å². The Hall–Kier alpha value is -0.492. The van der Waals surface area contributed by atoms with Gasteiger partial charge in [-0.15, -0.1) is 13.1 Å². The Morgan fingerprint density at radius 1 is 1.07 bits per heavy atom. The molecule has 8 heteroatoms. The second kappa shape index (κ2) is 12.5. The monoisotopic (exact) mass is 387 g/mol. The first-order valence-electron chi connectivity index (χ1n) is 3.34. The molecule has 0 saturated heterocycles. The summed E-state index contributed by atoms with van der Waals surface area (Å²) in [7, 11) is 0. The van der Waals surface area contributed by atoms with Crippen molar-refractivity contribution >= 4 is 11.9 Å². The molecule has 0 radical (unpaired) electrons. The zero-order valence-corrected chi connectivity index (χ0v) is 9.45. The summed E-state index contributed by atoms with van der Waals surface area (Å²) in [5.41, 5.74) is 12.9. The molecule has 0 amide bonds. The topological polar surface area (TPSA) is 142 Å². The van der Waals surface area contributed by atoms with Crippen LogP contribution in [0.1, 0.15) is 6.42 Å². The fourth-order valence-electron chi connectivity index (χ4n) is 0.202. The number of carbonyl (C=O) groups is 2. The second-order valence-electron chi connectivity index (χ2n) is 2.03. The maximum absolute atomic E-state index is 9.43. The Morgan fingerprint density at radius 2 is 1.36 bits per heavy atom. The average molecular weight is 387 g/mol. The number of aliphatic hydroxyl groups is 1. The van der Waals surface area contributed by atoms with Crippen molar-refractivity contribution in [3.63, 3.8) is 0 Å². The van der Waals surface area contributed by atoms with E-state index in [0.717, 1.165) is 0 Å². The van der Waals surface area contributed by atoms with Gasteiger partial charge in [-0.1, -0.05) is 0 Å². The average Bonchev–Trinajstić information content (AvgIpc) is 2.01. The summed E-state index contributed by atoms with van der Waals surface area (Å²) < 4.78 is 0. The van der Waals surface area contributed by atoms with Gasteiger partial charge in [0.1, 0.15) is 6.42 Å². The van der Waals surface area contributed by atoms with Gasteiger partial charge in [0.2, 0.25) is 0 Å². The van der Waals surface area contributed by atoms with Gasteiger partial charge in [0.25, 0.3) is 0 Å². The summed E-state index contributed by atoms with van der Waals surface area (Å²) >= 11 is 0. The van der Waals surface area contributed by atoms with Crippen LogP contribution in [0.3, 0.4) is 0 Å². The van der Waals surface area contributed by atoms with Crippen LogP contribution in [0.2, 0.25) is 0 Å². The minimum absolute atomic E-state index is 0. The predicted molar refractivity (Wildman–Crippen MR) is 44.3 cm³/mol. The van der Waals surface area contributed by atoms with Crippen molar-refractivity contribution in [2.24, 2.45) is 0 Å². The molecule has 0 aliphatic rings. The molecule has 0 fully saturated rings. The van der Waals surface area contributed by atoms with Gasteiger partial charge < -0.3 is 26.8 Å². The van der Waals surface area contributed by atoms with Crippen LogP contribution in [0, 0.1) is 0 Å². The number of rotatable bonds is 4. The van der Waals surface area contributed by atoms with E-state index in [4.69, 9.17) is 26.8 Å². The molecule has 0 spiro atoms. The number of aliphatic hydroxyl groups excluding tert-OH is 1. The fraction of sp³-hybridized carbons (Fsp3) is 0.667. The van der Waals surface area contributed by atoms with Gasteiger partial charge in [-0.2, -0.15) is 0 Å². The molecule has 5 N–H and O–H groups in total. The Balaban J connectivity index is -0.000000163. The van der Waals surface area contributed by atoms with E-state index in [1.807, 2.05) is 0 Å². The van der Waals surface area contributed by atoms with Crippen LogP contribution < -0.4 is 0 Å². The van der Waals surface area contributed by atoms with E-state index >= 15 is 0 Å². The molecule has 0 aromatic rings. The van der Waals surface area contributed by atoms with Crippen LogP contribution in [0.4, 0.5) is 0 Å². The van der Waals surface area contributed by atoms with E-state index in [-0.39, 0.29) is 34.2 Å². The van der Waals surface area contributed by atoms with Gasteiger partial charge in [-0.3, -0.25) is 9.59 Å². The standard InChI is InChI=1S/C3H8N2O.C3H4O4.Pt/c4-1-3(6)2-5;4-2(5)1-3(6)7;/h3-6H,1-2H2;1H2,(H,4,5)(H,6,7);/q-2;;+2. The van der Waals surface area contributed by atoms with Crippen molar-refractivity contribution in [1.29, 1.82) is 0 Å². The Bertz CT molecular complexity index is 150. The molecule has 14 heavy (non-hydrogen) atoms. The van der Waals surface area contributed by atoms with Gasteiger partial charge in [0.05, 0.1) is 0 Å². The van der Waals surface area contributed by atoms with Crippen molar-refractivity contribution in [2.75, 3.05) is 13.1 Å². The number of carboxylic acid groups (broad SMARTS) is 2. The minimum atomic E-state index is -1.31. The van der Waals surface area contributed by atoms with Crippen LogP contribution in [-0.2, 0) is 30.7 Å². The summed E-state index contributed by atoms with van der Waals surface area (Å²) in [6.07, 6.45) is -1.54. The molecule has 0 heterocycles. The van der Waals surface area contributed by atoms with Crippen molar-refractivity contribution in [3.05, 3.63) is 11.5 Å². The molecule has 86 valence electrons. The van der Waals surface area contributed by atoms with Crippen LogP contribution in [0.25, 0.3) is 11.5 Å². The van der Waals surface area contributed by atoms with Gasteiger partial charge in [-0.05, 0) is 0 Å². The maximum Gasteiger partial charge on any atom is 2.00 e. The maximum atomic E-state index is 9.43. The third-order valence-electron chi connectivity index (χ3n) is 0.774. The Kier molecular flexibility index (Phi) is 17.1. The SMILES string of the molecule is O=C(O)CC(=O)O.[NH-]CC(O)C[NH-].[Pt+2]. The summed E-state index contributed by atoms with van der Waals surface area (Å²) in [5.74, 6) is -2.62. The van der Waals surface area contributed by atoms with Crippen LogP contribution in [0.5, 0.6) is 0 Å².